The lowest BCUT2D eigenvalue weighted by Gasteiger charge is -1.94. The zero-order chi connectivity index (χ0) is 6.69. The molecule has 0 aliphatic carbocycles. The van der Waals surface area contributed by atoms with Gasteiger partial charge in [-0.25, -0.2) is 0 Å². The van der Waals surface area contributed by atoms with Crippen LogP contribution in [0, 0.1) is 0 Å². The van der Waals surface area contributed by atoms with E-state index in [-0.39, 0.29) is 0 Å². The van der Waals surface area contributed by atoms with Crippen molar-refractivity contribution >= 4 is 5.57 Å². The zero-order valence-electron chi connectivity index (χ0n) is 5.59. The zero-order valence-corrected chi connectivity index (χ0v) is 5.59. The maximum absolute atomic E-state index is 3.83. The van der Waals surface area contributed by atoms with E-state index in [0.29, 0.717) is 0 Å². The molecule has 0 aromatic heterocycles. The average molecular weight is 119 g/mol. The van der Waals surface area contributed by atoms with Crippen LogP contribution < -0.4 is 0 Å². The minimum atomic E-state index is 1.12. The first kappa shape index (κ1) is 6.09. The third-order valence-corrected chi connectivity index (χ3v) is 1.27. The molecule has 0 saturated heterocycles. The van der Waals surface area contributed by atoms with Crippen LogP contribution in [0.3, 0.4) is 0 Å². The number of hydrogen-bond acceptors (Lipinski definition) is 0. The molecule has 0 amide bonds. The summed E-state index contributed by atoms with van der Waals surface area (Å²) in [7, 11) is 0. The van der Waals surface area contributed by atoms with Crippen molar-refractivity contribution in [1.29, 1.82) is 0 Å². The number of hydrogen-bond donors (Lipinski definition) is 0. The first-order valence-electron chi connectivity index (χ1n) is 3.01. The van der Waals surface area contributed by atoms with Crippen LogP contribution in [0.15, 0.2) is 36.9 Å². The Labute approximate surface area is 55.8 Å². The summed E-state index contributed by atoms with van der Waals surface area (Å²) < 4.78 is 0. The molecule has 0 unspecified atom stereocenters. The van der Waals surface area contributed by atoms with Gasteiger partial charge in [-0.3, -0.25) is 0 Å². The third kappa shape index (κ3) is 1.43. The van der Waals surface area contributed by atoms with E-state index in [4.69, 9.17) is 0 Å². The van der Waals surface area contributed by atoms with E-state index in [0.717, 1.165) is 5.57 Å². The Hall–Kier alpha value is -1.04. The largest absolute Gasteiger partial charge is 0.0955 e. The molecule has 0 spiro atoms. The molecular weight excluding hydrogens is 109 g/mol. The molecule has 46 valence electrons. The van der Waals surface area contributed by atoms with E-state index in [1.54, 1.807) is 0 Å². The molecule has 0 saturated carbocycles. The summed E-state index contributed by atoms with van der Waals surface area (Å²) >= 11 is 0. The highest BCUT2D eigenvalue weighted by Crippen LogP contribution is 2.08. The minimum Gasteiger partial charge on any atom is -0.0955 e. The predicted molar refractivity (Wildman–Crippen MR) is 41.2 cm³/mol. The smallest absolute Gasteiger partial charge is 0.0233 e. The lowest BCUT2D eigenvalue weighted by molar-refractivity contribution is 1.58. The Balaban J connectivity index is 2.98. The van der Waals surface area contributed by atoms with E-state index in [1.807, 2.05) is 25.1 Å². The lowest BCUT2D eigenvalue weighted by Crippen LogP contribution is -1.72. The van der Waals surface area contributed by atoms with Crippen LogP contribution in [-0.4, -0.2) is 0 Å². The highest BCUT2D eigenvalue weighted by molar-refractivity contribution is 5.60. The molecule has 0 heteroatoms. The number of rotatable bonds is 1. The Morgan fingerprint density at radius 1 is 1.22 bits per heavy atom. The van der Waals surface area contributed by atoms with Crippen molar-refractivity contribution in [2.24, 2.45) is 0 Å². The maximum Gasteiger partial charge on any atom is -0.0233 e. The van der Waals surface area contributed by atoms with Gasteiger partial charge in [-0.2, -0.15) is 0 Å². The summed E-state index contributed by atoms with van der Waals surface area (Å²) in [4.78, 5) is 0. The van der Waals surface area contributed by atoms with Crippen molar-refractivity contribution in [2.45, 2.75) is 6.92 Å². The van der Waals surface area contributed by atoms with Gasteiger partial charge >= 0.3 is 0 Å². The van der Waals surface area contributed by atoms with Gasteiger partial charge in [-0.15, -0.1) is 0 Å². The Kier molecular flexibility index (Phi) is 1.69. The van der Waals surface area contributed by atoms with Crippen LogP contribution in [0.5, 0.6) is 0 Å². The minimum absolute atomic E-state index is 1.12. The van der Waals surface area contributed by atoms with Crippen molar-refractivity contribution in [1.82, 2.24) is 0 Å². The maximum atomic E-state index is 3.83. The predicted octanol–water partition coefficient (Wildman–Crippen LogP) is 2.72. The first-order chi connectivity index (χ1) is 4.30. The number of allylic oxidation sites excluding steroid dienone is 1. The fraction of sp³-hybridized carbons (Fsp3) is 0.111. The van der Waals surface area contributed by atoms with Crippen molar-refractivity contribution in [3.8, 4) is 0 Å². The quantitative estimate of drug-likeness (QED) is 0.498. The molecule has 1 aromatic carbocycles. The topological polar surface area (TPSA) is 0 Å². The normalized spacial score (nSPS) is 9.00. The van der Waals surface area contributed by atoms with Gasteiger partial charge < -0.3 is 0 Å². The van der Waals surface area contributed by atoms with E-state index < -0.39 is 0 Å². The molecular formula is C9H10. The molecule has 0 atom stereocenters. The van der Waals surface area contributed by atoms with Gasteiger partial charge in [0, 0.05) is 0 Å². The fourth-order valence-corrected chi connectivity index (χ4v) is 0.723. The summed E-state index contributed by atoms with van der Waals surface area (Å²) in [6, 6.07) is 10.2. The molecule has 9 heavy (non-hydrogen) atoms. The molecule has 0 fully saturated rings. The molecule has 0 aliphatic rings. The molecule has 1 rings (SSSR count). The molecule has 1 aromatic rings. The van der Waals surface area contributed by atoms with Gasteiger partial charge in [0.2, 0.25) is 0 Å². The molecule has 0 bridgehead atoms. The second-order valence-electron chi connectivity index (χ2n) is 2.15. The summed E-state index contributed by atoms with van der Waals surface area (Å²) in [6.45, 7) is 5.83. The number of benzene rings is 1. The first-order valence-corrected chi connectivity index (χ1v) is 3.01. The molecule has 0 aliphatic heterocycles. The van der Waals surface area contributed by atoms with Crippen LogP contribution in [-0.2, 0) is 0 Å². The Bertz CT molecular complexity index is 197. The average Bonchev–Trinajstić information content (AvgIpc) is 1.90. The van der Waals surface area contributed by atoms with Gasteiger partial charge in [0.05, 0.1) is 0 Å². The molecule has 0 heterocycles. The highest BCUT2D eigenvalue weighted by Gasteiger charge is 1.86. The van der Waals surface area contributed by atoms with Crippen LogP contribution in [0.2, 0.25) is 0 Å². The van der Waals surface area contributed by atoms with Gasteiger partial charge in [-0.05, 0) is 12.5 Å². The second-order valence-corrected chi connectivity index (χ2v) is 2.15. The summed E-state index contributed by atoms with van der Waals surface area (Å²) in [6.07, 6.45) is 0. The summed E-state index contributed by atoms with van der Waals surface area (Å²) in [5.74, 6) is 0. The van der Waals surface area contributed by atoms with Crippen molar-refractivity contribution in [2.75, 3.05) is 0 Å². The summed E-state index contributed by atoms with van der Waals surface area (Å²) in [5.41, 5.74) is 2.34. The van der Waals surface area contributed by atoms with E-state index in [9.17, 15) is 0 Å². The van der Waals surface area contributed by atoms with Crippen LogP contribution >= 0.6 is 0 Å². The standard InChI is InChI=1S/C9H10/c1-8(2)9-6-4-3-5-7-9/h3-7H,1H2,2H3/i8+1. The van der Waals surface area contributed by atoms with Crippen molar-refractivity contribution < 1.29 is 0 Å². The van der Waals surface area contributed by atoms with Gasteiger partial charge in [0.15, 0.2) is 0 Å². The van der Waals surface area contributed by atoms with E-state index in [1.165, 1.54) is 5.56 Å². The molecule has 0 radical (unpaired) electrons. The van der Waals surface area contributed by atoms with E-state index >= 15 is 0 Å². The molecule has 0 N–H and O–H groups in total. The lowest BCUT2D eigenvalue weighted by atomic mass is 10.3. The Morgan fingerprint density at radius 2 is 1.78 bits per heavy atom. The summed E-state index contributed by atoms with van der Waals surface area (Å²) in [5, 5.41) is 0. The monoisotopic (exact) mass is 119 g/mol. The van der Waals surface area contributed by atoms with E-state index in [2.05, 4.69) is 18.7 Å². The highest BCUT2D eigenvalue weighted by atomic mass is 14.3. The van der Waals surface area contributed by atoms with Crippen molar-refractivity contribution in [3.63, 3.8) is 0 Å². The van der Waals surface area contributed by atoms with Gasteiger partial charge in [0.1, 0.15) is 0 Å². The fourth-order valence-electron chi connectivity index (χ4n) is 0.723. The van der Waals surface area contributed by atoms with Gasteiger partial charge in [0.25, 0.3) is 0 Å². The Morgan fingerprint density at radius 3 is 2.11 bits per heavy atom. The molecule has 0 nitrogen and oxygen atoms in total. The van der Waals surface area contributed by atoms with Crippen LogP contribution in [0.1, 0.15) is 12.5 Å². The van der Waals surface area contributed by atoms with Gasteiger partial charge in [-0.1, -0.05) is 42.5 Å². The second kappa shape index (κ2) is 2.49. The van der Waals surface area contributed by atoms with Crippen LogP contribution in [0.25, 0.3) is 5.57 Å². The van der Waals surface area contributed by atoms with Crippen molar-refractivity contribution in [3.05, 3.63) is 42.5 Å². The SMILES string of the molecule is C=[13C](C)c1ccccc1. The third-order valence-electron chi connectivity index (χ3n) is 1.27. The van der Waals surface area contributed by atoms with Crippen LogP contribution in [0.4, 0.5) is 0 Å².